The Labute approximate surface area is 123 Å². The molecule has 0 spiro atoms. The van der Waals surface area contributed by atoms with Crippen LogP contribution in [-0.2, 0) is 19.5 Å². The first-order valence-electron chi connectivity index (χ1n) is 6.50. The van der Waals surface area contributed by atoms with Crippen molar-refractivity contribution in [1.29, 1.82) is 0 Å². The zero-order valence-electron chi connectivity index (χ0n) is 11.9. The number of hydrogen-bond donors (Lipinski definition) is 1. The minimum Gasteiger partial charge on any atom is -0.453 e. The molecule has 1 atom stereocenters. The van der Waals surface area contributed by atoms with Gasteiger partial charge in [0.1, 0.15) is 0 Å². The van der Waals surface area contributed by atoms with E-state index in [-0.39, 0.29) is 11.0 Å². The number of carbonyl (C=O) groups excluding carboxylic acids is 1. The third-order valence-electron chi connectivity index (χ3n) is 3.13. The van der Waals surface area contributed by atoms with Crippen LogP contribution in [0.5, 0.6) is 0 Å². The average Bonchev–Trinajstić information content (AvgIpc) is 2.47. The number of hydrogen-bond acceptors (Lipinski definition) is 5. The molecule has 116 valence electrons. The van der Waals surface area contributed by atoms with Gasteiger partial charge < -0.3 is 9.47 Å². The number of methoxy groups -OCH3 is 1. The number of ether oxygens (including phenoxy) is 2. The number of anilines is 1. The summed E-state index contributed by atoms with van der Waals surface area (Å²) in [5.74, 6) is 0. The maximum atomic E-state index is 12.5. The number of benzene rings is 1. The van der Waals surface area contributed by atoms with E-state index in [0.717, 1.165) is 0 Å². The van der Waals surface area contributed by atoms with Gasteiger partial charge in [-0.1, -0.05) is 0 Å². The van der Waals surface area contributed by atoms with Gasteiger partial charge in [0.2, 0.25) is 10.0 Å². The van der Waals surface area contributed by atoms with Crippen LogP contribution in [0, 0.1) is 0 Å². The summed E-state index contributed by atoms with van der Waals surface area (Å²) in [5.41, 5.74) is 0.469. The molecule has 1 fully saturated rings. The van der Waals surface area contributed by atoms with E-state index in [1.54, 1.807) is 0 Å². The molecule has 1 aliphatic heterocycles. The second-order valence-corrected chi connectivity index (χ2v) is 6.62. The highest BCUT2D eigenvalue weighted by Gasteiger charge is 2.28. The van der Waals surface area contributed by atoms with Crippen molar-refractivity contribution in [1.82, 2.24) is 4.31 Å². The van der Waals surface area contributed by atoms with Crippen LogP contribution in [0.15, 0.2) is 29.2 Å². The minimum absolute atomic E-state index is 0.117. The van der Waals surface area contributed by atoms with Gasteiger partial charge in [0.25, 0.3) is 0 Å². The Bertz CT molecular complexity index is 599. The Morgan fingerprint density at radius 3 is 2.62 bits per heavy atom. The number of nitrogens with zero attached hydrogens (tertiary/aromatic N) is 1. The summed E-state index contributed by atoms with van der Waals surface area (Å²) >= 11 is 0. The van der Waals surface area contributed by atoms with E-state index in [0.29, 0.717) is 25.4 Å². The van der Waals surface area contributed by atoms with Gasteiger partial charge in [0.15, 0.2) is 0 Å². The molecule has 1 saturated heterocycles. The second kappa shape index (κ2) is 6.42. The van der Waals surface area contributed by atoms with Crippen molar-refractivity contribution in [2.45, 2.75) is 17.9 Å². The molecule has 1 aliphatic rings. The van der Waals surface area contributed by atoms with Gasteiger partial charge in [-0.25, -0.2) is 13.2 Å². The lowest BCUT2D eigenvalue weighted by Gasteiger charge is -2.30. The lowest BCUT2D eigenvalue weighted by molar-refractivity contribution is 0.0102. The third-order valence-corrected chi connectivity index (χ3v) is 5.01. The lowest BCUT2D eigenvalue weighted by atomic mass is 10.3. The zero-order chi connectivity index (χ0) is 15.5. The summed E-state index contributed by atoms with van der Waals surface area (Å²) in [5, 5.41) is 2.47. The monoisotopic (exact) mass is 314 g/mol. The van der Waals surface area contributed by atoms with Crippen molar-refractivity contribution in [3.63, 3.8) is 0 Å². The molecule has 0 aromatic heterocycles. The Hall–Kier alpha value is -1.64. The molecule has 0 bridgehead atoms. The first-order chi connectivity index (χ1) is 9.93. The number of rotatable bonds is 3. The number of morpholine rings is 1. The highest BCUT2D eigenvalue weighted by molar-refractivity contribution is 7.89. The lowest BCUT2D eigenvalue weighted by Crippen LogP contribution is -2.44. The molecule has 2 rings (SSSR count). The standard InChI is InChI=1S/C13H18N2O5S/c1-10-9-15(7-8-20-10)21(17,18)12-5-3-11(4-6-12)14-13(16)19-2/h3-6,10H,7-9H2,1-2H3,(H,14,16). The van der Waals surface area contributed by atoms with E-state index >= 15 is 0 Å². The van der Waals surface area contributed by atoms with Gasteiger partial charge in [-0.2, -0.15) is 4.31 Å². The summed E-state index contributed by atoms with van der Waals surface area (Å²) in [7, 11) is -2.28. The predicted octanol–water partition coefficient (Wildman–Crippen LogP) is 1.27. The van der Waals surface area contributed by atoms with Crippen LogP contribution in [0.2, 0.25) is 0 Å². The van der Waals surface area contributed by atoms with Gasteiger partial charge >= 0.3 is 6.09 Å². The normalized spacial score (nSPS) is 20.0. The number of carbonyl (C=O) groups is 1. The van der Waals surface area contributed by atoms with E-state index < -0.39 is 16.1 Å². The molecular weight excluding hydrogens is 296 g/mol. The van der Waals surface area contributed by atoms with E-state index in [9.17, 15) is 13.2 Å². The van der Waals surface area contributed by atoms with E-state index in [1.807, 2.05) is 6.92 Å². The van der Waals surface area contributed by atoms with Crippen molar-refractivity contribution < 1.29 is 22.7 Å². The molecule has 1 amide bonds. The predicted molar refractivity (Wildman–Crippen MR) is 76.6 cm³/mol. The van der Waals surface area contributed by atoms with Crippen molar-refractivity contribution in [3.05, 3.63) is 24.3 Å². The quantitative estimate of drug-likeness (QED) is 0.908. The van der Waals surface area contributed by atoms with Crippen LogP contribution in [0.1, 0.15) is 6.92 Å². The minimum atomic E-state index is -3.54. The summed E-state index contributed by atoms with van der Waals surface area (Å²) in [6.07, 6.45) is -0.721. The summed E-state index contributed by atoms with van der Waals surface area (Å²) in [6, 6.07) is 5.96. The van der Waals surface area contributed by atoms with Gasteiger partial charge in [0, 0.05) is 18.8 Å². The van der Waals surface area contributed by atoms with E-state index in [4.69, 9.17) is 4.74 Å². The molecule has 1 aromatic rings. The van der Waals surface area contributed by atoms with E-state index in [1.165, 1.54) is 35.7 Å². The van der Waals surface area contributed by atoms with Crippen LogP contribution in [0.3, 0.4) is 0 Å². The second-order valence-electron chi connectivity index (χ2n) is 4.69. The third kappa shape index (κ3) is 3.72. The fourth-order valence-electron chi connectivity index (χ4n) is 2.03. The summed E-state index contributed by atoms with van der Waals surface area (Å²) < 4.78 is 36.2. The topological polar surface area (TPSA) is 84.9 Å². The first kappa shape index (κ1) is 15.7. The molecule has 21 heavy (non-hydrogen) atoms. The fraction of sp³-hybridized carbons (Fsp3) is 0.462. The fourth-order valence-corrected chi connectivity index (χ4v) is 3.53. The smallest absolute Gasteiger partial charge is 0.411 e. The van der Waals surface area contributed by atoms with Gasteiger partial charge in [-0.05, 0) is 31.2 Å². The molecule has 7 nitrogen and oxygen atoms in total. The molecule has 1 N–H and O–H groups in total. The van der Waals surface area contributed by atoms with Crippen molar-refractivity contribution in [2.75, 3.05) is 32.1 Å². The maximum absolute atomic E-state index is 12.5. The molecule has 1 unspecified atom stereocenters. The Morgan fingerprint density at radius 1 is 1.38 bits per heavy atom. The van der Waals surface area contributed by atoms with Gasteiger partial charge in [-0.15, -0.1) is 0 Å². The summed E-state index contributed by atoms with van der Waals surface area (Å²) in [4.78, 5) is 11.3. The Morgan fingerprint density at radius 2 is 2.05 bits per heavy atom. The molecule has 8 heteroatoms. The van der Waals surface area contributed by atoms with Crippen molar-refractivity contribution >= 4 is 21.8 Å². The number of sulfonamides is 1. The van der Waals surface area contributed by atoms with E-state index in [2.05, 4.69) is 10.1 Å². The Kier molecular flexibility index (Phi) is 4.81. The molecular formula is C13H18N2O5S. The van der Waals surface area contributed by atoms with Crippen LogP contribution in [0.25, 0.3) is 0 Å². The zero-order valence-corrected chi connectivity index (χ0v) is 12.7. The maximum Gasteiger partial charge on any atom is 0.411 e. The number of amides is 1. The van der Waals surface area contributed by atoms with Gasteiger partial charge in [0.05, 0.1) is 24.7 Å². The van der Waals surface area contributed by atoms with Crippen LogP contribution < -0.4 is 5.32 Å². The molecule has 1 heterocycles. The average molecular weight is 314 g/mol. The van der Waals surface area contributed by atoms with Crippen LogP contribution >= 0.6 is 0 Å². The highest BCUT2D eigenvalue weighted by atomic mass is 32.2. The largest absolute Gasteiger partial charge is 0.453 e. The van der Waals surface area contributed by atoms with Crippen LogP contribution in [0.4, 0.5) is 10.5 Å². The van der Waals surface area contributed by atoms with Gasteiger partial charge in [-0.3, -0.25) is 5.32 Å². The highest BCUT2D eigenvalue weighted by Crippen LogP contribution is 2.20. The van der Waals surface area contributed by atoms with Crippen molar-refractivity contribution in [3.8, 4) is 0 Å². The molecule has 0 aliphatic carbocycles. The molecule has 1 aromatic carbocycles. The van der Waals surface area contributed by atoms with Crippen LogP contribution in [-0.4, -0.2) is 51.7 Å². The number of nitrogens with one attached hydrogen (secondary N) is 1. The summed E-state index contributed by atoms with van der Waals surface area (Å²) in [6.45, 7) is 2.91. The molecule has 0 radical (unpaired) electrons. The molecule has 0 saturated carbocycles. The van der Waals surface area contributed by atoms with Crippen molar-refractivity contribution in [2.24, 2.45) is 0 Å². The SMILES string of the molecule is COC(=O)Nc1ccc(S(=O)(=O)N2CCOC(C)C2)cc1. The first-order valence-corrected chi connectivity index (χ1v) is 7.94. The Balaban J connectivity index is 2.15.